The lowest BCUT2D eigenvalue weighted by atomic mass is 9.97. The number of urea groups is 1. The van der Waals surface area contributed by atoms with E-state index in [1.54, 1.807) is 37.4 Å². The summed E-state index contributed by atoms with van der Waals surface area (Å²) < 4.78 is 13.6. The van der Waals surface area contributed by atoms with Crippen molar-refractivity contribution in [2.24, 2.45) is 0 Å². The summed E-state index contributed by atoms with van der Waals surface area (Å²) in [5.74, 6) is -0.383. The molecule has 25 heavy (non-hydrogen) atoms. The van der Waals surface area contributed by atoms with Gasteiger partial charge in [0.25, 0.3) is 0 Å². The van der Waals surface area contributed by atoms with Gasteiger partial charge in [-0.25, -0.2) is 9.18 Å². The van der Waals surface area contributed by atoms with Crippen LogP contribution in [-0.4, -0.2) is 28.3 Å². The molecule has 3 N–H and O–H groups in total. The van der Waals surface area contributed by atoms with E-state index < -0.39 is 17.6 Å². The first-order valence-corrected chi connectivity index (χ1v) is 8.33. The maximum Gasteiger partial charge on any atom is 0.316 e. The van der Waals surface area contributed by atoms with Crippen LogP contribution in [0.2, 0.25) is 0 Å². The molecular weight excluding hydrogens is 321 g/mol. The van der Waals surface area contributed by atoms with E-state index in [1.165, 1.54) is 12.1 Å². The maximum atomic E-state index is 13.6. The Morgan fingerprint density at radius 3 is 2.72 bits per heavy atom. The van der Waals surface area contributed by atoms with Gasteiger partial charge in [-0.1, -0.05) is 31.5 Å². The highest BCUT2D eigenvalue weighted by Crippen LogP contribution is 2.21. The first kappa shape index (κ1) is 18.9. The lowest BCUT2D eigenvalue weighted by Gasteiger charge is -2.29. The van der Waals surface area contributed by atoms with Crippen LogP contribution in [0.3, 0.4) is 0 Å². The molecule has 0 fully saturated rings. The van der Waals surface area contributed by atoms with E-state index in [0.717, 1.165) is 6.42 Å². The number of rotatable bonds is 7. The Morgan fingerprint density at radius 2 is 2.12 bits per heavy atom. The van der Waals surface area contributed by atoms with Crippen molar-refractivity contribution in [1.82, 2.24) is 15.6 Å². The van der Waals surface area contributed by atoms with Crippen LogP contribution < -0.4 is 10.6 Å². The van der Waals surface area contributed by atoms with Crippen LogP contribution in [0.5, 0.6) is 0 Å². The van der Waals surface area contributed by atoms with E-state index in [9.17, 15) is 14.3 Å². The molecule has 1 aromatic carbocycles. The summed E-state index contributed by atoms with van der Waals surface area (Å²) >= 11 is 0. The van der Waals surface area contributed by atoms with Gasteiger partial charge in [0.05, 0.1) is 23.9 Å². The average molecular weight is 345 g/mol. The number of nitrogens with one attached hydrogen (secondary N) is 2. The number of pyridine rings is 1. The van der Waals surface area contributed by atoms with Crippen molar-refractivity contribution in [3.05, 3.63) is 65.7 Å². The Kier molecular flexibility index (Phi) is 6.47. The molecule has 134 valence electrons. The number of halogens is 1. The topological polar surface area (TPSA) is 74.2 Å². The molecule has 6 heteroatoms. The average Bonchev–Trinajstić information content (AvgIpc) is 2.60. The lowest BCUT2D eigenvalue weighted by Crippen LogP contribution is -2.53. The van der Waals surface area contributed by atoms with Gasteiger partial charge in [0, 0.05) is 6.20 Å². The van der Waals surface area contributed by atoms with Crippen LogP contribution >= 0.6 is 0 Å². The van der Waals surface area contributed by atoms with Crippen molar-refractivity contribution in [1.29, 1.82) is 0 Å². The Bertz CT molecular complexity index is 696. The van der Waals surface area contributed by atoms with E-state index in [-0.39, 0.29) is 12.4 Å². The number of hydrogen-bond acceptors (Lipinski definition) is 3. The van der Waals surface area contributed by atoms with Gasteiger partial charge in [-0.3, -0.25) is 4.98 Å². The molecule has 1 heterocycles. The zero-order chi connectivity index (χ0) is 18.3. The Labute approximate surface area is 147 Å². The van der Waals surface area contributed by atoms with Gasteiger partial charge in [0.2, 0.25) is 0 Å². The number of aliphatic hydroxyl groups excluding tert-OH is 1. The molecule has 0 saturated carbocycles. The highest BCUT2D eigenvalue weighted by Gasteiger charge is 2.26. The SMILES string of the molecule is CCCC(C)(CO)NC(=O)NC(c1cccc(F)c1)c1ccccn1. The van der Waals surface area contributed by atoms with E-state index in [1.807, 2.05) is 13.0 Å². The van der Waals surface area contributed by atoms with Gasteiger partial charge in [-0.15, -0.1) is 0 Å². The largest absolute Gasteiger partial charge is 0.394 e. The second-order valence-corrected chi connectivity index (χ2v) is 6.31. The fourth-order valence-electron chi connectivity index (χ4n) is 2.74. The molecule has 0 saturated heterocycles. The monoisotopic (exact) mass is 345 g/mol. The summed E-state index contributed by atoms with van der Waals surface area (Å²) in [4.78, 5) is 16.8. The predicted molar refractivity (Wildman–Crippen MR) is 94.5 cm³/mol. The molecule has 2 rings (SSSR count). The minimum absolute atomic E-state index is 0.164. The second kappa shape index (κ2) is 8.58. The summed E-state index contributed by atoms with van der Waals surface area (Å²) in [5, 5.41) is 15.2. The molecule has 0 aliphatic rings. The van der Waals surface area contributed by atoms with E-state index >= 15 is 0 Å². The third-order valence-electron chi connectivity index (χ3n) is 4.01. The molecule has 0 radical (unpaired) electrons. The van der Waals surface area contributed by atoms with Crippen molar-refractivity contribution in [2.45, 2.75) is 38.3 Å². The van der Waals surface area contributed by atoms with Gasteiger partial charge >= 0.3 is 6.03 Å². The van der Waals surface area contributed by atoms with Crippen molar-refractivity contribution >= 4 is 6.03 Å². The van der Waals surface area contributed by atoms with Crippen molar-refractivity contribution in [3.63, 3.8) is 0 Å². The molecule has 2 amide bonds. The van der Waals surface area contributed by atoms with E-state index in [0.29, 0.717) is 17.7 Å². The predicted octanol–water partition coefficient (Wildman–Crippen LogP) is 3.16. The van der Waals surface area contributed by atoms with Crippen molar-refractivity contribution in [2.75, 3.05) is 6.61 Å². The van der Waals surface area contributed by atoms with Crippen LogP contribution in [0.1, 0.15) is 44.0 Å². The van der Waals surface area contributed by atoms with Crippen molar-refractivity contribution in [3.8, 4) is 0 Å². The summed E-state index contributed by atoms with van der Waals surface area (Å²) in [6.45, 7) is 3.60. The van der Waals surface area contributed by atoms with Gasteiger partial charge in [0.15, 0.2) is 0 Å². The molecule has 0 spiro atoms. The van der Waals surface area contributed by atoms with Gasteiger partial charge in [-0.2, -0.15) is 0 Å². The summed E-state index contributed by atoms with van der Waals surface area (Å²) in [5.41, 5.74) is 0.481. The molecule has 0 aliphatic carbocycles. The fourth-order valence-corrected chi connectivity index (χ4v) is 2.74. The Balaban J connectivity index is 2.23. The van der Waals surface area contributed by atoms with E-state index in [4.69, 9.17) is 0 Å². The third kappa shape index (κ3) is 5.26. The van der Waals surface area contributed by atoms with Crippen LogP contribution in [0.4, 0.5) is 9.18 Å². The number of hydrogen-bond donors (Lipinski definition) is 3. The van der Waals surface area contributed by atoms with Crippen LogP contribution in [0.15, 0.2) is 48.7 Å². The van der Waals surface area contributed by atoms with Crippen LogP contribution in [-0.2, 0) is 0 Å². The highest BCUT2D eigenvalue weighted by atomic mass is 19.1. The van der Waals surface area contributed by atoms with Crippen LogP contribution in [0.25, 0.3) is 0 Å². The Hall–Kier alpha value is -2.47. The number of amides is 2. The van der Waals surface area contributed by atoms with Crippen LogP contribution in [0, 0.1) is 5.82 Å². The summed E-state index contributed by atoms with van der Waals surface area (Å²) in [6.07, 6.45) is 3.09. The minimum Gasteiger partial charge on any atom is -0.394 e. The molecular formula is C19H24FN3O2. The quantitative estimate of drug-likeness (QED) is 0.722. The molecule has 0 aliphatic heterocycles. The first-order valence-electron chi connectivity index (χ1n) is 8.33. The number of aliphatic hydroxyl groups is 1. The molecule has 2 aromatic rings. The van der Waals surface area contributed by atoms with Crippen molar-refractivity contribution < 1.29 is 14.3 Å². The molecule has 2 unspecified atom stereocenters. The fraction of sp³-hybridized carbons (Fsp3) is 0.368. The standard InChI is InChI=1S/C19H24FN3O2/c1-3-10-19(2,13-24)23-18(25)22-17(16-9-4-5-11-21-16)14-7-6-8-15(20)12-14/h4-9,11-12,17,24H,3,10,13H2,1-2H3,(H2,22,23,25). The smallest absolute Gasteiger partial charge is 0.316 e. The number of carbonyl (C=O) groups excluding carboxylic acids is 1. The van der Waals surface area contributed by atoms with Gasteiger partial charge in [-0.05, 0) is 43.2 Å². The molecule has 5 nitrogen and oxygen atoms in total. The number of nitrogens with zero attached hydrogens (tertiary/aromatic N) is 1. The minimum atomic E-state index is -0.713. The Morgan fingerprint density at radius 1 is 1.32 bits per heavy atom. The number of benzene rings is 1. The summed E-state index contributed by atoms with van der Waals surface area (Å²) in [6, 6.07) is 10.4. The molecule has 2 atom stereocenters. The zero-order valence-electron chi connectivity index (χ0n) is 14.5. The maximum absolute atomic E-state index is 13.6. The zero-order valence-corrected chi connectivity index (χ0v) is 14.5. The third-order valence-corrected chi connectivity index (χ3v) is 4.01. The second-order valence-electron chi connectivity index (χ2n) is 6.31. The highest BCUT2D eigenvalue weighted by molar-refractivity contribution is 5.75. The molecule has 1 aromatic heterocycles. The normalized spacial score (nSPS) is 14.4. The molecule has 0 bridgehead atoms. The number of carbonyl (C=O) groups is 1. The van der Waals surface area contributed by atoms with Gasteiger partial charge in [0.1, 0.15) is 5.82 Å². The van der Waals surface area contributed by atoms with Gasteiger partial charge < -0.3 is 15.7 Å². The first-order chi connectivity index (χ1) is 12.0. The lowest BCUT2D eigenvalue weighted by molar-refractivity contribution is 0.162. The number of aromatic nitrogens is 1. The van der Waals surface area contributed by atoms with E-state index in [2.05, 4.69) is 15.6 Å². The summed E-state index contributed by atoms with van der Waals surface area (Å²) in [7, 11) is 0.